The first-order valence-electron chi connectivity index (χ1n) is 9.00. The van der Waals surface area contributed by atoms with Crippen molar-refractivity contribution >= 4 is 5.91 Å². The topological polar surface area (TPSA) is 69.0 Å². The Hall–Kier alpha value is -2.99. The number of rotatable bonds is 8. The summed E-state index contributed by atoms with van der Waals surface area (Å²) >= 11 is 0. The number of hydrogen-bond acceptors (Lipinski definition) is 4. The van der Waals surface area contributed by atoms with Crippen LogP contribution < -0.4 is 5.32 Å². The molecule has 2 aromatic heterocycles. The molecular weight excluding hydrogens is 340 g/mol. The number of ether oxygens (including phenoxy) is 1. The molecule has 0 aliphatic carbocycles. The molecule has 3 rings (SSSR count). The van der Waals surface area contributed by atoms with Gasteiger partial charge in [-0.25, -0.2) is 9.67 Å². The van der Waals surface area contributed by atoms with Crippen LogP contribution in [0.1, 0.15) is 22.5 Å². The second-order valence-electron chi connectivity index (χ2n) is 6.33. The number of hydrogen-bond donors (Lipinski definition) is 1. The molecule has 0 bridgehead atoms. The monoisotopic (exact) mass is 364 g/mol. The molecule has 0 atom stereocenters. The Kier molecular flexibility index (Phi) is 6.33. The second-order valence-corrected chi connectivity index (χ2v) is 6.33. The number of benzene rings is 1. The zero-order valence-electron chi connectivity index (χ0n) is 15.7. The van der Waals surface area contributed by atoms with E-state index in [4.69, 9.17) is 4.74 Å². The molecule has 0 aliphatic rings. The van der Waals surface area contributed by atoms with Gasteiger partial charge in [0.25, 0.3) is 0 Å². The minimum atomic E-state index is -0.113. The van der Waals surface area contributed by atoms with E-state index in [9.17, 15) is 4.79 Å². The van der Waals surface area contributed by atoms with Crippen LogP contribution in [0.4, 0.5) is 0 Å². The lowest BCUT2D eigenvalue weighted by molar-refractivity contribution is -0.126. The van der Waals surface area contributed by atoms with Crippen molar-refractivity contribution in [3.8, 4) is 5.82 Å². The summed E-state index contributed by atoms with van der Waals surface area (Å²) in [4.78, 5) is 16.3. The van der Waals surface area contributed by atoms with E-state index in [1.807, 2.05) is 67.1 Å². The molecule has 1 N–H and O–H groups in total. The first kappa shape index (κ1) is 18.8. The zero-order valence-corrected chi connectivity index (χ0v) is 15.7. The van der Waals surface area contributed by atoms with Crippen molar-refractivity contribution in [3.05, 3.63) is 77.2 Å². The van der Waals surface area contributed by atoms with Gasteiger partial charge in [-0.15, -0.1) is 0 Å². The van der Waals surface area contributed by atoms with Gasteiger partial charge in [-0.1, -0.05) is 36.4 Å². The van der Waals surface area contributed by atoms with Gasteiger partial charge in [0.2, 0.25) is 5.91 Å². The molecule has 140 valence electrons. The van der Waals surface area contributed by atoms with Crippen LogP contribution in [0.3, 0.4) is 0 Å². The molecule has 1 aromatic carbocycles. The zero-order chi connectivity index (χ0) is 19.1. The van der Waals surface area contributed by atoms with Gasteiger partial charge in [0, 0.05) is 18.4 Å². The lowest BCUT2D eigenvalue weighted by atomic mass is 10.1. The Morgan fingerprint density at radius 1 is 1.11 bits per heavy atom. The number of amides is 1. The van der Waals surface area contributed by atoms with Gasteiger partial charge in [0.1, 0.15) is 6.61 Å². The highest BCUT2D eigenvalue weighted by molar-refractivity contribution is 5.77. The fourth-order valence-corrected chi connectivity index (χ4v) is 2.95. The molecule has 3 aromatic rings. The van der Waals surface area contributed by atoms with Crippen LogP contribution in [0, 0.1) is 13.8 Å². The molecule has 6 heteroatoms. The molecule has 0 fully saturated rings. The van der Waals surface area contributed by atoms with E-state index in [1.54, 1.807) is 6.20 Å². The fraction of sp³-hybridized carbons (Fsp3) is 0.286. The van der Waals surface area contributed by atoms with Crippen molar-refractivity contribution in [3.63, 3.8) is 0 Å². The average molecular weight is 364 g/mol. The summed E-state index contributed by atoms with van der Waals surface area (Å²) in [5.41, 5.74) is 4.18. The highest BCUT2D eigenvalue weighted by atomic mass is 16.5. The number of pyridine rings is 1. The summed E-state index contributed by atoms with van der Waals surface area (Å²) in [6.45, 7) is 5.04. The van der Waals surface area contributed by atoms with Gasteiger partial charge in [-0.2, -0.15) is 5.10 Å². The summed E-state index contributed by atoms with van der Waals surface area (Å²) in [6.07, 6.45) is 2.47. The Labute approximate surface area is 159 Å². The normalized spacial score (nSPS) is 10.7. The molecule has 0 radical (unpaired) electrons. The standard InChI is InChI=1S/C21H24N4O2/c1-16-19(17(2)25(24-16)20-10-6-7-12-22-20)11-13-23-21(26)15-27-14-18-8-4-3-5-9-18/h3-10,12H,11,13-15H2,1-2H3,(H,23,26). The van der Waals surface area contributed by atoms with E-state index in [0.29, 0.717) is 13.2 Å². The van der Waals surface area contributed by atoms with Crippen LogP contribution in [0.25, 0.3) is 5.82 Å². The second kappa shape index (κ2) is 9.09. The molecule has 0 saturated heterocycles. The minimum absolute atomic E-state index is 0.0556. The van der Waals surface area contributed by atoms with Crippen molar-refractivity contribution in [1.82, 2.24) is 20.1 Å². The Morgan fingerprint density at radius 3 is 2.63 bits per heavy atom. The van der Waals surface area contributed by atoms with Crippen molar-refractivity contribution in [2.75, 3.05) is 13.2 Å². The van der Waals surface area contributed by atoms with Gasteiger partial charge in [-0.3, -0.25) is 4.79 Å². The maximum absolute atomic E-state index is 12.0. The molecule has 2 heterocycles. The maximum atomic E-state index is 12.0. The van der Waals surface area contributed by atoms with E-state index < -0.39 is 0 Å². The van der Waals surface area contributed by atoms with Crippen molar-refractivity contribution in [1.29, 1.82) is 0 Å². The molecule has 27 heavy (non-hydrogen) atoms. The number of nitrogens with zero attached hydrogens (tertiary/aromatic N) is 3. The van der Waals surface area contributed by atoms with Crippen molar-refractivity contribution in [2.45, 2.75) is 26.9 Å². The number of carbonyl (C=O) groups excluding carboxylic acids is 1. The van der Waals surface area contributed by atoms with Crippen LogP contribution in [0.5, 0.6) is 0 Å². The number of aromatic nitrogens is 3. The first-order valence-corrected chi connectivity index (χ1v) is 9.00. The number of nitrogens with one attached hydrogen (secondary N) is 1. The van der Waals surface area contributed by atoms with Gasteiger partial charge in [0.15, 0.2) is 5.82 Å². The smallest absolute Gasteiger partial charge is 0.246 e. The number of carbonyl (C=O) groups is 1. The Balaban J connectivity index is 1.47. The van der Waals surface area contributed by atoms with Crippen LogP contribution in [-0.2, 0) is 22.6 Å². The van der Waals surface area contributed by atoms with E-state index in [1.165, 1.54) is 0 Å². The summed E-state index contributed by atoms with van der Waals surface area (Å²) in [5.74, 6) is 0.682. The quantitative estimate of drug-likeness (QED) is 0.667. The molecule has 1 amide bonds. The van der Waals surface area contributed by atoms with Gasteiger partial charge >= 0.3 is 0 Å². The Bertz CT molecular complexity index is 876. The maximum Gasteiger partial charge on any atom is 0.246 e. The molecule has 0 spiro atoms. The lowest BCUT2D eigenvalue weighted by Gasteiger charge is -2.07. The van der Waals surface area contributed by atoms with Crippen LogP contribution >= 0.6 is 0 Å². The molecule has 6 nitrogen and oxygen atoms in total. The van der Waals surface area contributed by atoms with Crippen LogP contribution in [0.2, 0.25) is 0 Å². The average Bonchev–Trinajstić information content (AvgIpc) is 2.98. The van der Waals surface area contributed by atoms with E-state index in [0.717, 1.165) is 34.8 Å². The molecule has 0 aliphatic heterocycles. The predicted molar refractivity (Wildman–Crippen MR) is 104 cm³/mol. The van der Waals surface area contributed by atoms with Crippen LogP contribution in [-0.4, -0.2) is 33.8 Å². The van der Waals surface area contributed by atoms with Gasteiger partial charge in [-0.05, 0) is 43.5 Å². The number of aryl methyl sites for hydroxylation is 1. The summed E-state index contributed by atoms with van der Waals surface area (Å²) in [5, 5.41) is 7.48. The Morgan fingerprint density at radius 2 is 1.89 bits per heavy atom. The minimum Gasteiger partial charge on any atom is -0.367 e. The largest absolute Gasteiger partial charge is 0.367 e. The van der Waals surface area contributed by atoms with Gasteiger partial charge in [0.05, 0.1) is 12.3 Å². The van der Waals surface area contributed by atoms with Crippen LogP contribution in [0.15, 0.2) is 54.7 Å². The summed E-state index contributed by atoms with van der Waals surface area (Å²) in [7, 11) is 0. The van der Waals surface area contributed by atoms with Gasteiger partial charge < -0.3 is 10.1 Å². The highest BCUT2D eigenvalue weighted by Gasteiger charge is 2.13. The summed E-state index contributed by atoms with van der Waals surface area (Å²) < 4.78 is 7.30. The fourth-order valence-electron chi connectivity index (χ4n) is 2.95. The van der Waals surface area contributed by atoms with E-state index >= 15 is 0 Å². The third-order valence-electron chi connectivity index (χ3n) is 4.35. The van der Waals surface area contributed by atoms with Crippen molar-refractivity contribution < 1.29 is 9.53 Å². The predicted octanol–water partition coefficient (Wildman–Crippen LogP) is 2.76. The van der Waals surface area contributed by atoms with E-state index in [-0.39, 0.29) is 12.5 Å². The molecule has 0 saturated carbocycles. The molecule has 0 unspecified atom stereocenters. The van der Waals surface area contributed by atoms with Crippen molar-refractivity contribution in [2.24, 2.45) is 0 Å². The third-order valence-corrected chi connectivity index (χ3v) is 4.35. The molecular formula is C21H24N4O2. The third kappa shape index (κ3) is 5.01. The summed E-state index contributed by atoms with van der Waals surface area (Å²) in [6, 6.07) is 15.6. The highest BCUT2D eigenvalue weighted by Crippen LogP contribution is 2.16. The lowest BCUT2D eigenvalue weighted by Crippen LogP contribution is -2.29. The SMILES string of the molecule is Cc1nn(-c2ccccn2)c(C)c1CCNC(=O)COCc1ccccc1. The van der Waals surface area contributed by atoms with E-state index in [2.05, 4.69) is 15.4 Å². The first-order chi connectivity index (χ1) is 13.1.